The third kappa shape index (κ3) is 9.02. The first-order valence-corrected chi connectivity index (χ1v) is 18.7. The second-order valence-electron chi connectivity index (χ2n) is 15.1. The van der Waals surface area contributed by atoms with Crippen LogP contribution in [0.3, 0.4) is 0 Å². The van der Waals surface area contributed by atoms with Crippen LogP contribution in [0.2, 0.25) is 0 Å². The maximum atomic E-state index is 15.4. The van der Waals surface area contributed by atoms with E-state index >= 15 is 4.39 Å². The Labute approximate surface area is 322 Å². The van der Waals surface area contributed by atoms with Crippen molar-refractivity contribution in [3.63, 3.8) is 0 Å². The van der Waals surface area contributed by atoms with Gasteiger partial charge >= 0.3 is 18.2 Å². The van der Waals surface area contributed by atoms with Crippen molar-refractivity contribution in [2.45, 2.75) is 76.7 Å². The average molecular weight is 772 g/mol. The number of hydrogen-bond donors (Lipinski definition) is 1. The van der Waals surface area contributed by atoms with Crippen LogP contribution >= 0.6 is 11.8 Å². The minimum absolute atomic E-state index is 0.0285. The summed E-state index contributed by atoms with van der Waals surface area (Å²) in [5, 5.41) is 1.98. The molecule has 1 N–H and O–H groups in total. The van der Waals surface area contributed by atoms with Crippen LogP contribution in [0.25, 0.3) is 0 Å². The summed E-state index contributed by atoms with van der Waals surface area (Å²) in [5.41, 5.74) is 0.366. The lowest BCUT2D eigenvalue weighted by Crippen LogP contribution is -2.70. The Balaban J connectivity index is 1.30. The molecule has 3 aromatic rings. The molecule has 3 amide bonds. The Morgan fingerprint density at radius 3 is 2.09 bits per heavy atom. The molecule has 3 heterocycles. The summed E-state index contributed by atoms with van der Waals surface area (Å²) in [6.07, 6.45) is -0.827. The fourth-order valence-corrected chi connectivity index (χ4v) is 7.56. The van der Waals surface area contributed by atoms with Crippen molar-refractivity contribution in [1.29, 1.82) is 0 Å². The van der Waals surface area contributed by atoms with E-state index in [2.05, 4.69) is 5.32 Å². The Morgan fingerprint density at radius 1 is 0.891 bits per heavy atom. The number of ether oxygens (including phenoxy) is 4. The first kappa shape index (κ1) is 39.1. The van der Waals surface area contributed by atoms with Gasteiger partial charge in [-0.1, -0.05) is 60.7 Å². The molecule has 0 unspecified atom stereocenters. The monoisotopic (exact) mass is 771 g/mol. The number of carbonyl (C=O) groups excluding carboxylic acids is 5. The molecule has 0 spiro atoms. The number of anilines is 1. The van der Waals surface area contributed by atoms with E-state index in [1.54, 1.807) is 47.6 Å². The molecule has 0 bridgehead atoms. The zero-order valence-electron chi connectivity index (χ0n) is 31.3. The van der Waals surface area contributed by atoms with E-state index in [1.165, 1.54) is 33.7 Å². The highest BCUT2D eigenvalue weighted by Crippen LogP contribution is 2.43. The first-order valence-electron chi connectivity index (χ1n) is 17.7. The van der Waals surface area contributed by atoms with Gasteiger partial charge in [0.2, 0.25) is 0 Å². The fourth-order valence-electron chi connectivity index (χ4n) is 6.25. The summed E-state index contributed by atoms with van der Waals surface area (Å²) < 4.78 is 37.2. The van der Waals surface area contributed by atoms with Crippen LogP contribution in [-0.2, 0) is 28.6 Å². The van der Waals surface area contributed by atoms with Crippen LogP contribution in [0, 0.1) is 5.82 Å². The quantitative estimate of drug-likeness (QED) is 0.0822. The first-order chi connectivity index (χ1) is 26.0. The Hall–Kier alpha value is -5.63. The summed E-state index contributed by atoms with van der Waals surface area (Å²) in [6.45, 7) is 10.3. The smallest absolute Gasteiger partial charge is 0.448 e. The van der Waals surface area contributed by atoms with E-state index in [4.69, 9.17) is 18.9 Å². The maximum Gasteiger partial charge on any atom is 0.514 e. The van der Waals surface area contributed by atoms with E-state index < -0.39 is 64.6 Å². The summed E-state index contributed by atoms with van der Waals surface area (Å²) in [5.74, 6) is -2.54. The second-order valence-corrected chi connectivity index (χ2v) is 16.2. The van der Waals surface area contributed by atoms with Crippen molar-refractivity contribution < 1.29 is 47.3 Å². The zero-order valence-corrected chi connectivity index (χ0v) is 32.1. The number of alkyl carbamates (subject to hydrolysis) is 1. The van der Waals surface area contributed by atoms with Crippen LogP contribution in [-0.4, -0.2) is 69.8 Å². The van der Waals surface area contributed by atoms with Gasteiger partial charge in [-0.05, 0) is 82.9 Å². The number of β-lactam (4-membered cyclic amide) rings is 1. The van der Waals surface area contributed by atoms with E-state index in [9.17, 15) is 24.0 Å². The van der Waals surface area contributed by atoms with Crippen molar-refractivity contribution in [2.24, 2.45) is 0 Å². The molecule has 6 rings (SSSR count). The molecule has 2 atom stereocenters. The lowest BCUT2D eigenvalue weighted by atomic mass is 10.00. The van der Waals surface area contributed by atoms with Gasteiger partial charge in [0.25, 0.3) is 11.8 Å². The number of amides is 3. The molecule has 0 radical (unpaired) electrons. The Kier molecular flexibility index (Phi) is 11.1. The molecule has 2 fully saturated rings. The predicted molar refractivity (Wildman–Crippen MR) is 202 cm³/mol. The molecule has 3 aliphatic rings. The van der Waals surface area contributed by atoms with Crippen molar-refractivity contribution in [1.82, 2.24) is 10.2 Å². The molecule has 14 heteroatoms. The van der Waals surface area contributed by atoms with Gasteiger partial charge in [0.05, 0.1) is 5.69 Å². The van der Waals surface area contributed by atoms with Gasteiger partial charge in [-0.15, -0.1) is 11.8 Å². The van der Waals surface area contributed by atoms with Crippen molar-refractivity contribution in [2.75, 3.05) is 17.2 Å². The number of rotatable bonds is 8. The standard InChI is InChI=1S/C41H42FN3O9S/c1-40(2,3)53-38(49)43-31-35(47)45-32(37(48)52-33(24-13-9-7-10-14-24)25-15-11-8-12-16-25)27(23-55-36(31)45)21-26-19-20-44(34(26)46)30-18-17-28(22-29(30)42)51-39(50)54-41(4,5)6/h7-18,21-22,31,33,36H,19-20,23H2,1-6H3,(H,43,49)/t31-,36-/m1/s1. The third-order valence-electron chi connectivity index (χ3n) is 8.57. The van der Waals surface area contributed by atoms with Crippen molar-refractivity contribution >= 4 is 47.5 Å². The van der Waals surface area contributed by atoms with Crippen LogP contribution < -0.4 is 15.0 Å². The summed E-state index contributed by atoms with van der Waals surface area (Å²) in [7, 11) is 0. The fraction of sp³-hybridized carbons (Fsp3) is 0.341. The molecular formula is C41H42FN3O9S. The number of fused-ring (bicyclic) bond motifs is 1. The highest BCUT2D eigenvalue weighted by molar-refractivity contribution is 8.00. The van der Waals surface area contributed by atoms with Gasteiger partial charge in [0.15, 0.2) is 11.9 Å². The van der Waals surface area contributed by atoms with Crippen LogP contribution in [0.4, 0.5) is 19.7 Å². The molecule has 3 aliphatic heterocycles. The number of hydrogen-bond acceptors (Lipinski definition) is 10. The number of halogens is 1. The minimum Gasteiger partial charge on any atom is -0.448 e. The van der Waals surface area contributed by atoms with Gasteiger partial charge < -0.3 is 29.2 Å². The Bertz CT molecular complexity index is 2020. The maximum absolute atomic E-state index is 15.4. The molecule has 0 saturated carbocycles. The minimum atomic E-state index is -0.996. The van der Waals surface area contributed by atoms with Gasteiger partial charge in [0, 0.05) is 23.9 Å². The van der Waals surface area contributed by atoms with E-state index in [0.29, 0.717) is 16.7 Å². The lowest BCUT2D eigenvalue weighted by Gasteiger charge is -2.49. The number of nitrogens with one attached hydrogen (secondary N) is 1. The van der Waals surface area contributed by atoms with Crippen molar-refractivity contribution in [3.05, 3.63) is 119 Å². The van der Waals surface area contributed by atoms with Crippen LogP contribution in [0.1, 0.15) is 65.2 Å². The molecule has 3 aromatic carbocycles. The van der Waals surface area contributed by atoms with E-state index in [-0.39, 0.29) is 41.4 Å². The number of thioether (sulfide) groups is 1. The predicted octanol–water partition coefficient (Wildman–Crippen LogP) is 7.20. The van der Waals surface area contributed by atoms with Crippen molar-refractivity contribution in [3.8, 4) is 5.75 Å². The average Bonchev–Trinajstić information content (AvgIpc) is 3.47. The largest absolute Gasteiger partial charge is 0.514 e. The SMILES string of the molecule is CC(C)(C)OC(=O)N[C@@H]1C(=O)N2C(C(=O)OC(c3ccccc3)c3ccccc3)=C(C=C3CCN(c4ccc(OC(=O)OC(C)(C)C)cc4F)C3=O)CS[C@H]12. The summed E-state index contributed by atoms with van der Waals surface area (Å²) >= 11 is 1.31. The second kappa shape index (κ2) is 15.6. The lowest BCUT2D eigenvalue weighted by molar-refractivity contribution is -0.153. The van der Waals surface area contributed by atoms with Crippen LogP contribution in [0.5, 0.6) is 5.75 Å². The van der Waals surface area contributed by atoms with E-state index in [0.717, 1.165) is 6.07 Å². The molecule has 2 saturated heterocycles. The summed E-state index contributed by atoms with van der Waals surface area (Å²) in [4.78, 5) is 69.2. The molecule has 0 aliphatic carbocycles. The van der Waals surface area contributed by atoms with Gasteiger partial charge in [-0.25, -0.2) is 18.8 Å². The molecule has 288 valence electrons. The molecule has 0 aromatic heterocycles. The Morgan fingerprint density at radius 2 is 1.51 bits per heavy atom. The topological polar surface area (TPSA) is 141 Å². The molecular weight excluding hydrogens is 730 g/mol. The van der Waals surface area contributed by atoms with Gasteiger partial charge in [-0.2, -0.15) is 0 Å². The molecule has 55 heavy (non-hydrogen) atoms. The summed E-state index contributed by atoms with van der Waals surface area (Å²) in [6, 6.07) is 21.1. The van der Waals surface area contributed by atoms with Gasteiger partial charge in [0.1, 0.15) is 34.1 Å². The third-order valence-corrected chi connectivity index (χ3v) is 9.87. The van der Waals surface area contributed by atoms with E-state index in [1.807, 2.05) is 60.7 Å². The van der Waals surface area contributed by atoms with Crippen LogP contribution in [0.15, 0.2) is 102 Å². The number of allylic oxidation sites excluding steroid dienone is 1. The molecule has 12 nitrogen and oxygen atoms in total. The normalized spacial score (nSPS) is 19.2. The van der Waals surface area contributed by atoms with Gasteiger partial charge in [-0.3, -0.25) is 14.5 Å². The number of benzene rings is 3. The number of esters is 1. The zero-order chi connectivity index (χ0) is 39.7. The highest BCUT2D eigenvalue weighted by Gasteiger charge is 2.55. The number of nitrogens with zero attached hydrogens (tertiary/aromatic N) is 2. The number of carbonyl (C=O) groups is 5. The highest BCUT2D eigenvalue weighted by atomic mass is 32.2.